The summed E-state index contributed by atoms with van der Waals surface area (Å²) in [4.78, 5) is 4.09. The Morgan fingerprint density at radius 3 is 2.70 bits per heavy atom. The first-order valence-electron chi connectivity index (χ1n) is 6.51. The van der Waals surface area contributed by atoms with Crippen LogP contribution in [0.25, 0.3) is 11.3 Å². The van der Waals surface area contributed by atoms with Gasteiger partial charge in [0.05, 0.1) is 11.8 Å². The minimum atomic E-state index is -0.914. The lowest BCUT2D eigenvalue weighted by Crippen LogP contribution is -2.37. The summed E-state index contributed by atoms with van der Waals surface area (Å²) < 4.78 is 32.3. The SMILES string of the molecule is CC(C)(C)NCCc1ncc(-c2cccc(F)c2F)o1. The zero-order chi connectivity index (χ0) is 14.8. The molecule has 2 rings (SSSR count). The van der Waals surface area contributed by atoms with Gasteiger partial charge in [-0.15, -0.1) is 0 Å². The van der Waals surface area contributed by atoms with E-state index in [1.807, 2.05) is 0 Å². The van der Waals surface area contributed by atoms with Gasteiger partial charge in [0.1, 0.15) is 0 Å². The van der Waals surface area contributed by atoms with E-state index < -0.39 is 11.6 Å². The number of aromatic nitrogens is 1. The zero-order valence-corrected chi connectivity index (χ0v) is 11.8. The molecule has 1 heterocycles. The first kappa shape index (κ1) is 14.7. The highest BCUT2D eigenvalue weighted by molar-refractivity contribution is 5.57. The Bertz CT molecular complexity index is 588. The Morgan fingerprint density at radius 1 is 1.25 bits per heavy atom. The van der Waals surface area contributed by atoms with Crippen molar-refractivity contribution in [1.82, 2.24) is 10.3 Å². The van der Waals surface area contributed by atoms with E-state index in [2.05, 4.69) is 31.1 Å². The summed E-state index contributed by atoms with van der Waals surface area (Å²) in [5, 5.41) is 3.31. The van der Waals surface area contributed by atoms with Crippen LogP contribution in [0.4, 0.5) is 8.78 Å². The highest BCUT2D eigenvalue weighted by Crippen LogP contribution is 2.25. The third-order valence-electron chi connectivity index (χ3n) is 2.76. The Hall–Kier alpha value is -1.75. The molecule has 3 nitrogen and oxygen atoms in total. The van der Waals surface area contributed by atoms with Crippen molar-refractivity contribution in [2.24, 2.45) is 0 Å². The highest BCUT2D eigenvalue weighted by Gasteiger charge is 2.14. The van der Waals surface area contributed by atoms with E-state index in [1.54, 1.807) is 0 Å². The van der Waals surface area contributed by atoms with Crippen LogP contribution in [0, 0.1) is 11.6 Å². The number of hydrogen-bond donors (Lipinski definition) is 1. The summed E-state index contributed by atoms with van der Waals surface area (Å²) in [5.41, 5.74) is 0.108. The maximum atomic E-state index is 13.6. The average Bonchev–Trinajstić information content (AvgIpc) is 2.79. The van der Waals surface area contributed by atoms with E-state index in [9.17, 15) is 8.78 Å². The fourth-order valence-corrected chi connectivity index (χ4v) is 1.79. The van der Waals surface area contributed by atoms with Gasteiger partial charge in [-0.2, -0.15) is 0 Å². The van der Waals surface area contributed by atoms with Gasteiger partial charge in [-0.05, 0) is 32.9 Å². The average molecular weight is 280 g/mol. The Morgan fingerprint density at radius 2 is 2.00 bits per heavy atom. The predicted octanol–water partition coefficient (Wildman–Crippen LogP) is 3.55. The molecule has 0 aliphatic heterocycles. The fourth-order valence-electron chi connectivity index (χ4n) is 1.79. The summed E-state index contributed by atoms with van der Waals surface area (Å²) in [6.07, 6.45) is 2.01. The molecule has 0 unspecified atom stereocenters. The van der Waals surface area contributed by atoms with Crippen LogP contribution in [0.5, 0.6) is 0 Å². The maximum absolute atomic E-state index is 13.6. The quantitative estimate of drug-likeness (QED) is 0.930. The molecule has 0 atom stereocenters. The molecular formula is C15H18F2N2O. The number of rotatable bonds is 4. The van der Waals surface area contributed by atoms with Gasteiger partial charge in [-0.3, -0.25) is 0 Å². The van der Waals surface area contributed by atoms with Crippen LogP contribution in [-0.4, -0.2) is 17.1 Å². The molecule has 0 saturated carbocycles. The number of nitrogens with zero attached hydrogens (tertiary/aromatic N) is 1. The first-order chi connectivity index (χ1) is 9.37. The molecule has 1 N–H and O–H groups in total. The summed E-state index contributed by atoms with van der Waals surface area (Å²) in [7, 11) is 0. The molecule has 1 aromatic heterocycles. The van der Waals surface area contributed by atoms with E-state index in [0.29, 0.717) is 18.9 Å². The summed E-state index contributed by atoms with van der Waals surface area (Å²) in [6, 6.07) is 3.98. The second-order valence-electron chi connectivity index (χ2n) is 5.65. The Labute approximate surface area is 117 Å². The molecule has 0 bridgehead atoms. The number of hydrogen-bond acceptors (Lipinski definition) is 3. The van der Waals surface area contributed by atoms with Crippen molar-refractivity contribution in [3.05, 3.63) is 41.9 Å². The van der Waals surface area contributed by atoms with Crippen molar-refractivity contribution in [2.45, 2.75) is 32.7 Å². The van der Waals surface area contributed by atoms with Gasteiger partial charge in [0.25, 0.3) is 0 Å². The summed E-state index contributed by atoms with van der Waals surface area (Å²) in [5.74, 6) is -1.06. The Kier molecular flexibility index (Phi) is 4.18. The van der Waals surface area contributed by atoms with E-state index in [0.717, 1.165) is 6.07 Å². The molecule has 0 fully saturated rings. The van der Waals surface area contributed by atoms with Crippen molar-refractivity contribution < 1.29 is 13.2 Å². The van der Waals surface area contributed by atoms with Gasteiger partial charge in [0.2, 0.25) is 0 Å². The fraction of sp³-hybridized carbons (Fsp3) is 0.400. The molecule has 0 saturated heterocycles. The van der Waals surface area contributed by atoms with Gasteiger partial charge in [0.15, 0.2) is 23.3 Å². The number of oxazole rings is 1. The van der Waals surface area contributed by atoms with Crippen LogP contribution in [0.3, 0.4) is 0 Å². The molecule has 0 amide bonds. The minimum absolute atomic E-state index is 0.0179. The standard InChI is InChI=1S/C15H18F2N2O/c1-15(2,3)19-8-7-13-18-9-12(20-13)10-5-4-6-11(16)14(10)17/h4-6,9,19H,7-8H2,1-3H3. The molecule has 2 aromatic rings. The monoisotopic (exact) mass is 280 g/mol. The van der Waals surface area contributed by atoms with Crippen molar-refractivity contribution in [2.75, 3.05) is 6.54 Å². The van der Waals surface area contributed by atoms with Gasteiger partial charge < -0.3 is 9.73 Å². The molecule has 108 valence electrons. The van der Waals surface area contributed by atoms with Gasteiger partial charge in [-0.25, -0.2) is 13.8 Å². The summed E-state index contributed by atoms with van der Waals surface area (Å²) in [6.45, 7) is 6.90. The van der Waals surface area contributed by atoms with E-state index in [1.165, 1.54) is 18.3 Å². The molecular weight excluding hydrogens is 262 g/mol. The third-order valence-corrected chi connectivity index (χ3v) is 2.76. The van der Waals surface area contributed by atoms with Crippen LogP contribution >= 0.6 is 0 Å². The number of benzene rings is 1. The highest BCUT2D eigenvalue weighted by atomic mass is 19.2. The van der Waals surface area contributed by atoms with E-state index >= 15 is 0 Å². The van der Waals surface area contributed by atoms with Crippen LogP contribution < -0.4 is 5.32 Å². The second-order valence-corrected chi connectivity index (χ2v) is 5.65. The molecule has 0 radical (unpaired) electrons. The van der Waals surface area contributed by atoms with Gasteiger partial charge in [-0.1, -0.05) is 6.07 Å². The molecule has 1 aromatic carbocycles. The van der Waals surface area contributed by atoms with Crippen LogP contribution in [0.2, 0.25) is 0 Å². The van der Waals surface area contributed by atoms with Crippen LogP contribution in [-0.2, 0) is 6.42 Å². The molecule has 20 heavy (non-hydrogen) atoms. The van der Waals surface area contributed by atoms with Crippen LogP contribution in [0.15, 0.2) is 28.8 Å². The lowest BCUT2D eigenvalue weighted by molar-refractivity contribution is 0.411. The van der Waals surface area contributed by atoms with E-state index in [-0.39, 0.29) is 16.9 Å². The lowest BCUT2D eigenvalue weighted by atomic mass is 10.1. The molecule has 0 spiro atoms. The van der Waals surface area contributed by atoms with Crippen molar-refractivity contribution in [3.8, 4) is 11.3 Å². The van der Waals surface area contributed by atoms with Gasteiger partial charge in [0, 0.05) is 18.5 Å². The normalized spacial score (nSPS) is 11.8. The molecule has 0 aliphatic rings. The van der Waals surface area contributed by atoms with E-state index in [4.69, 9.17) is 4.42 Å². The topological polar surface area (TPSA) is 38.1 Å². The predicted molar refractivity (Wildman–Crippen MR) is 73.3 cm³/mol. The van der Waals surface area contributed by atoms with Crippen molar-refractivity contribution in [1.29, 1.82) is 0 Å². The first-order valence-corrected chi connectivity index (χ1v) is 6.51. The Balaban J connectivity index is 2.07. The third kappa shape index (κ3) is 3.63. The maximum Gasteiger partial charge on any atom is 0.196 e. The van der Waals surface area contributed by atoms with Gasteiger partial charge >= 0.3 is 0 Å². The molecule has 0 aliphatic carbocycles. The second kappa shape index (κ2) is 5.71. The lowest BCUT2D eigenvalue weighted by Gasteiger charge is -2.19. The van der Waals surface area contributed by atoms with Crippen LogP contribution in [0.1, 0.15) is 26.7 Å². The zero-order valence-electron chi connectivity index (χ0n) is 11.8. The number of halogens is 2. The smallest absolute Gasteiger partial charge is 0.196 e. The largest absolute Gasteiger partial charge is 0.441 e. The number of nitrogens with one attached hydrogen (secondary N) is 1. The summed E-state index contributed by atoms with van der Waals surface area (Å²) >= 11 is 0. The molecule has 5 heteroatoms. The van der Waals surface area contributed by atoms with Crippen molar-refractivity contribution >= 4 is 0 Å². The van der Waals surface area contributed by atoms with Crippen molar-refractivity contribution in [3.63, 3.8) is 0 Å². The minimum Gasteiger partial charge on any atom is -0.441 e.